The number of hydrogen-bond acceptors (Lipinski definition) is 5. The Bertz CT molecular complexity index is 236. The van der Waals surface area contributed by atoms with Crippen LogP contribution in [0.25, 0.3) is 0 Å². The standard InChI is InChI=1S/C8H11N3O.CH5N/c1-3-9-6-10-8(1)11-7-2-4-12-5-7;1-2/h1,3,6-7H,2,4-5H2,(H,9,10,11);2H2,1H3. The topological polar surface area (TPSA) is 73.1 Å². The van der Waals surface area contributed by atoms with Crippen LogP contribution in [0.3, 0.4) is 0 Å². The minimum Gasteiger partial charge on any atom is -0.379 e. The van der Waals surface area contributed by atoms with Crippen molar-refractivity contribution in [2.75, 3.05) is 25.6 Å². The minimum absolute atomic E-state index is 0.417. The van der Waals surface area contributed by atoms with Gasteiger partial charge in [-0.2, -0.15) is 0 Å². The molecule has 1 atom stereocenters. The Morgan fingerprint density at radius 2 is 2.43 bits per heavy atom. The first-order chi connectivity index (χ1) is 6.95. The Morgan fingerprint density at radius 3 is 3.00 bits per heavy atom. The third kappa shape index (κ3) is 3.27. The fraction of sp³-hybridized carbons (Fsp3) is 0.556. The van der Waals surface area contributed by atoms with Gasteiger partial charge in [-0.25, -0.2) is 9.97 Å². The van der Waals surface area contributed by atoms with Gasteiger partial charge in [-0.05, 0) is 19.5 Å². The molecule has 1 unspecified atom stereocenters. The van der Waals surface area contributed by atoms with E-state index in [9.17, 15) is 0 Å². The van der Waals surface area contributed by atoms with E-state index < -0.39 is 0 Å². The first-order valence-corrected chi connectivity index (χ1v) is 4.63. The van der Waals surface area contributed by atoms with Crippen molar-refractivity contribution in [2.45, 2.75) is 12.5 Å². The Hall–Kier alpha value is -1.20. The lowest BCUT2D eigenvalue weighted by molar-refractivity contribution is 0.195. The zero-order valence-corrected chi connectivity index (χ0v) is 8.31. The highest BCUT2D eigenvalue weighted by molar-refractivity contribution is 5.33. The van der Waals surface area contributed by atoms with Crippen molar-refractivity contribution < 1.29 is 4.74 Å². The second kappa shape index (κ2) is 6.28. The summed E-state index contributed by atoms with van der Waals surface area (Å²) < 4.78 is 5.22. The molecule has 1 fully saturated rings. The summed E-state index contributed by atoms with van der Waals surface area (Å²) in [5.41, 5.74) is 4.50. The van der Waals surface area contributed by atoms with Gasteiger partial charge in [-0.1, -0.05) is 0 Å². The van der Waals surface area contributed by atoms with Crippen LogP contribution in [0.4, 0.5) is 5.82 Å². The molecule has 5 nitrogen and oxygen atoms in total. The molecule has 14 heavy (non-hydrogen) atoms. The van der Waals surface area contributed by atoms with Crippen molar-refractivity contribution in [1.82, 2.24) is 9.97 Å². The molecule has 0 spiro atoms. The van der Waals surface area contributed by atoms with Gasteiger partial charge in [0.2, 0.25) is 0 Å². The van der Waals surface area contributed by atoms with Gasteiger partial charge < -0.3 is 15.8 Å². The maximum absolute atomic E-state index is 5.22. The zero-order chi connectivity index (χ0) is 10.2. The molecule has 0 aliphatic carbocycles. The van der Waals surface area contributed by atoms with Gasteiger partial charge >= 0.3 is 0 Å². The van der Waals surface area contributed by atoms with Crippen LogP contribution >= 0.6 is 0 Å². The predicted octanol–water partition coefficient (Wildman–Crippen LogP) is 0.252. The molecule has 1 aromatic heterocycles. The number of nitrogens with one attached hydrogen (secondary N) is 1. The van der Waals surface area contributed by atoms with Crippen LogP contribution in [0, 0.1) is 0 Å². The SMILES string of the molecule is CN.c1cc(NC2CCOC2)ncn1. The molecule has 5 heteroatoms. The van der Waals surface area contributed by atoms with Crippen molar-refractivity contribution in [3.63, 3.8) is 0 Å². The fourth-order valence-electron chi connectivity index (χ4n) is 1.23. The molecular formula is C9H16N4O. The number of rotatable bonds is 2. The van der Waals surface area contributed by atoms with Crippen LogP contribution in [0.15, 0.2) is 18.6 Å². The van der Waals surface area contributed by atoms with Gasteiger partial charge in [-0.3, -0.25) is 0 Å². The van der Waals surface area contributed by atoms with E-state index in [4.69, 9.17) is 4.74 Å². The summed E-state index contributed by atoms with van der Waals surface area (Å²) in [5, 5.41) is 3.26. The van der Waals surface area contributed by atoms with Gasteiger partial charge in [0, 0.05) is 12.8 Å². The molecule has 1 aliphatic rings. The van der Waals surface area contributed by atoms with Crippen LogP contribution in [-0.4, -0.2) is 36.3 Å². The Balaban J connectivity index is 0.000000461. The van der Waals surface area contributed by atoms with E-state index in [0.717, 1.165) is 25.5 Å². The van der Waals surface area contributed by atoms with Gasteiger partial charge in [0.05, 0.1) is 12.6 Å². The first kappa shape index (κ1) is 10.9. The number of aromatic nitrogens is 2. The summed E-state index contributed by atoms with van der Waals surface area (Å²) >= 11 is 0. The van der Waals surface area contributed by atoms with Crippen molar-refractivity contribution >= 4 is 5.82 Å². The highest BCUT2D eigenvalue weighted by Crippen LogP contribution is 2.09. The van der Waals surface area contributed by atoms with Gasteiger partial charge in [0.25, 0.3) is 0 Å². The smallest absolute Gasteiger partial charge is 0.129 e. The maximum atomic E-state index is 5.22. The average molecular weight is 196 g/mol. The highest BCUT2D eigenvalue weighted by atomic mass is 16.5. The molecule has 2 heterocycles. The highest BCUT2D eigenvalue weighted by Gasteiger charge is 2.14. The normalized spacial score (nSPS) is 19.7. The Morgan fingerprint density at radius 1 is 1.57 bits per heavy atom. The fourth-order valence-corrected chi connectivity index (χ4v) is 1.23. The van der Waals surface area contributed by atoms with Crippen molar-refractivity contribution in [2.24, 2.45) is 5.73 Å². The summed E-state index contributed by atoms with van der Waals surface area (Å²) in [6.07, 6.45) is 4.33. The van der Waals surface area contributed by atoms with E-state index in [-0.39, 0.29) is 0 Å². The lowest BCUT2D eigenvalue weighted by Gasteiger charge is -2.09. The number of nitrogens with two attached hydrogens (primary N) is 1. The van der Waals surface area contributed by atoms with Crippen molar-refractivity contribution in [3.05, 3.63) is 18.6 Å². The quantitative estimate of drug-likeness (QED) is 0.709. The molecule has 0 radical (unpaired) electrons. The number of hydrogen-bond donors (Lipinski definition) is 2. The molecule has 78 valence electrons. The third-order valence-corrected chi connectivity index (χ3v) is 1.86. The van der Waals surface area contributed by atoms with Crippen molar-refractivity contribution in [1.29, 1.82) is 0 Å². The van der Waals surface area contributed by atoms with E-state index in [1.165, 1.54) is 13.4 Å². The first-order valence-electron chi connectivity index (χ1n) is 4.63. The molecule has 0 aromatic carbocycles. The molecule has 0 amide bonds. The van der Waals surface area contributed by atoms with Gasteiger partial charge in [-0.15, -0.1) is 0 Å². The van der Waals surface area contributed by atoms with E-state index >= 15 is 0 Å². The third-order valence-electron chi connectivity index (χ3n) is 1.86. The van der Waals surface area contributed by atoms with Crippen LogP contribution in [0.1, 0.15) is 6.42 Å². The molecule has 3 N–H and O–H groups in total. The summed E-state index contributed by atoms with van der Waals surface area (Å²) in [7, 11) is 1.50. The lowest BCUT2D eigenvalue weighted by Crippen LogP contribution is -2.19. The van der Waals surface area contributed by atoms with Crippen molar-refractivity contribution in [3.8, 4) is 0 Å². The summed E-state index contributed by atoms with van der Waals surface area (Å²) in [4.78, 5) is 7.90. The maximum Gasteiger partial charge on any atom is 0.129 e. The monoisotopic (exact) mass is 196 g/mol. The van der Waals surface area contributed by atoms with Crippen LogP contribution in [-0.2, 0) is 4.74 Å². The average Bonchev–Trinajstić information content (AvgIpc) is 2.75. The second-order valence-corrected chi connectivity index (χ2v) is 2.80. The molecule has 1 aromatic rings. The van der Waals surface area contributed by atoms with Crippen LogP contribution < -0.4 is 11.1 Å². The zero-order valence-electron chi connectivity index (χ0n) is 8.31. The number of nitrogens with zero attached hydrogens (tertiary/aromatic N) is 2. The summed E-state index contributed by atoms with van der Waals surface area (Å²) in [5.74, 6) is 0.875. The van der Waals surface area contributed by atoms with E-state index in [1.54, 1.807) is 6.20 Å². The molecule has 2 rings (SSSR count). The number of anilines is 1. The molecule has 0 saturated carbocycles. The molecule has 0 bridgehead atoms. The molecule has 1 saturated heterocycles. The van der Waals surface area contributed by atoms with Crippen LogP contribution in [0.5, 0.6) is 0 Å². The Kier molecular flexibility index (Phi) is 4.88. The lowest BCUT2D eigenvalue weighted by atomic mass is 10.2. The van der Waals surface area contributed by atoms with E-state index in [1.807, 2.05) is 6.07 Å². The Labute approximate surface area is 83.7 Å². The molecular weight excluding hydrogens is 180 g/mol. The number of ether oxygens (including phenoxy) is 1. The van der Waals surface area contributed by atoms with E-state index in [2.05, 4.69) is 21.0 Å². The summed E-state index contributed by atoms with van der Waals surface area (Å²) in [6, 6.07) is 2.28. The summed E-state index contributed by atoms with van der Waals surface area (Å²) in [6.45, 7) is 1.63. The predicted molar refractivity (Wildman–Crippen MR) is 55.0 cm³/mol. The molecule has 1 aliphatic heterocycles. The largest absolute Gasteiger partial charge is 0.379 e. The van der Waals surface area contributed by atoms with E-state index in [0.29, 0.717) is 6.04 Å². The second-order valence-electron chi connectivity index (χ2n) is 2.80. The van der Waals surface area contributed by atoms with Crippen LogP contribution in [0.2, 0.25) is 0 Å². The minimum atomic E-state index is 0.417. The van der Waals surface area contributed by atoms with Gasteiger partial charge in [0.1, 0.15) is 12.1 Å². The van der Waals surface area contributed by atoms with Gasteiger partial charge in [0.15, 0.2) is 0 Å².